The van der Waals surface area contributed by atoms with Gasteiger partial charge in [-0.3, -0.25) is 19.3 Å². The SMILES string of the molecule is CC[NH+](CC(=O)Nc1cccc(OC)c1)CC(=O)N1c2ccccc2NC(=O)C1(C)C. The van der Waals surface area contributed by atoms with Crippen LogP contribution >= 0.6 is 0 Å². The molecule has 0 radical (unpaired) electrons. The minimum atomic E-state index is -1.03. The molecular weight excluding hydrogens is 396 g/mol. The first kappa shape index (κ1) is 22.3. The molecule has 0 saturated heterocycles. The highest BCUT2D eigenvalue weighted by atomic mass is 16.5. The van der Waals surface area contributed by atoms with Crippen LogP contribution in [-0.2, 0) is 14.4 Å². The van der Waals surface area contributed by atoms with E-state index >= 15 is 0 Å². The number of para-hydroxylation sites is 2. The quantitative estimate of drug-likeness (QED) is 0.624. The number of hydrogen-bond acceptors (Lipinski definition) is 4. The first-order chi connectivity index (χ1) is 14.8. The Hall–Kier alpha value is -3.39. The molecule has 2 aromatic carbocycles. The molecule has 8 nitrogen and oxygen atoms in total. The standard InChI is InChI=1S/C23H28N4O4/c1-5-26(14-20(28)24-16-9-8-10-17(13-16)31-4)15-21(29)27-19-12-7-6-11-18(19)25-22(30)23(27,2)3/h6-13H,5,14-15H2,1-4H3,(H,24,28)(H,25,30)/p+1. The highest BCUT2D eigenvalue weighted by Crippen LogP contribution is 2.36. The molecule has 1 aliphatic rings. The van der Waals surface area contributed by atoms with E-state index in [0.717, 1.165) is 4.90 Å². The van der Waals surface area contributed by atoms with Crippen molar-refractivity contribution in [2.45, 2.75) is 26.3 Å². The van der Waals surface area contributed by atoms with Crippen LogP contribution in [0.5, 0.6) is 5.75 Å². The number of quaternary nitrogens is 1. The molecule has 0 saturated carbocycles. The Morgan fingerprint density at radius 1 is 1.13 bits per heavy atom. The van der Waals surface area contributed by atoms with Gasteiger partial charge in [0.1, 0.15) is 11.3 Å². The highest BCUT2D eigenvalue weighted by Gasteiger charge is 2.44. The zero-order chi connectivity index (χ0) is 22.6. The van der Waals surface area contributed by atoms with Gasteiger partial charge in [-0.15, -0.1) is 0 Å². The molecule has 164 valence electrons. The van der Waals surface area contributed by atoms with Crippen LogP contribution in [0.25, 0.3) is 0 Å². The van der Waals surface area contributed by atoms with E-state index in [1.165, 1.54) is 4.90 Å². The number of rotatable bonds is 7. The maximum atomic E-state index is 13.3. The van der Waals surface area contributed by atoms with Gasteiger partial charge in [-0.25, -0.2) is 0 Å². The molecule has 0 aliphatic carbocycles. The summed E-state index contributed by atoms with van der Waals surface area (Å²) in [6.45, 7) is 6.16. The van der Waals surface area contributed by atoms with Crippen molar-refractivity contribution in [2.75, 3.05) is 42.3 Å². The number of carbonyl (C=O) groups is 3. The van der Waals surface area contributed by atoms with Gasteiger partial charge in [0, 0.05) is 11.8 Å². The van der Waals surface area contributed by atoms with Crippen LogP contribution in [0.4, 0.5) is 17.1 Å². The van der Waals surface area contributed by atoms with E-state index in [9.17, 15) is 14.4 Å². The second-order valence-electron chi connectivity index (χ2n) is 8.00. The summed E-state index contributed by atoms with van der Waals surface area (Å²) in [5, 5.41) is 5.70. The molecule has 0 aromatic heterocycles. The fraction of sp³-hybridized carbons (Fsp3) is 0.348. The zero-order valence-corrected chi connectivity index (χ0v) is 18.3. The van der Waals surface area contributed by atoms with E-state index in [0.29, 0.717) is 29.4 Å². The van der Waals surface area contributed by atoms with Crippen molar-refractivity contribution in [3.8, 4) is 5.75 Å². The van der Waals surface area contributed by atoms with E-state index in [-0.39, 0.29) is 30.8 Å². The van der Waals surface area contributed by atoms with Crippen LogP contribution in [0.1, 0.15) is 20.8 Å². The lowest BCUT2D eigenvalue weighted by atomic mass is 9.96. The fourth-order valence-corrected chi connectivity index (χ4v) is 3.64. The Labute approximate surface area is 182 Å². The molecule has 3 N–H and O–H groups in total. The monoisotopic (exact) mass is 425 g/mol. The van der Waals surface area contributed by atoms with Gasteiger partial charge in [0.05, 0.1) is 25.0 Å². The number of nitrogens with zero attached hydrogens (tertiary/aromatic N) is 1. The molecule has 0 spiro atoms. The molecule has 8 heteroatoms. The fourth-order valence-electron chi connectivity index (χ4n) is 3.64. The number of fused-ring (bicyclic) bond motifs is 1. The lowest BCUT2D eigenvalue weighted by Crippen LogP contribution is -3.14. The second-order valence-corrected chi connectivity index (χ2v) is 8.00. The molecule has 0 fully saturated rings. The number of nitrogens with one attached hydrogen (secondary N) is 3. The minimum absolute atomic E-state index is 0.0904. The molecule has 1 unspecified atom stereocenters. The van der Waals surface area contributed by atoms with E-state index in [1.807, 2.05) is 25.1 Å². The van der Waals surface area contributed by atoms with Gasteiger partial charge in [-0.1, -0.05) is 18.2 Å². The summed E-state index contributed by atoms with van der Waals surface area (Å²) in [4.78, 5) is 40.8. The van der Waals surface area contributed by atoms with Crippen LogP contribution in [-0.4, -0.2) is 50.0 Å². The lowest BCUT2D eigenvalue weighted by Gasteiger charge is -2.42. The average molecular weight is 426 g/mol. The van der Waals surface area contributed by atoms with Crippen LogP contribution in [0.15, 0.2) is 48.5 Å². The largest absolute Gasteiger partial charge is 0.497 e. The van der Waals surface area contributed by atoms with Crippen molar-refractivity contribution in [3.63, 3.8) is 0 Å². The summed E-state index contributed by atoms with van der Waals surface area (Å²) in [5.41, 5.74) is 0.865. The normalized spacial score (nSPS) is 15.5. The zero-order valence-electron chi connectivity index (χ0n) is 18.3. The van der Waals surface area contributed by atoms with Gasteiger partial charge in [0.25, 0.3) is 11.8 Å². The van der Waals surface area contributed by atoms with Crippen molar-refractivity contribution < 1.29 is 24.0 Å². The van der Waals surface area contributed by atoms with Crippen LogP contribution < -0.4 is 25.2 Å². The van der Waals surface area contributed by atoms with Crippen LogP contribution in [0, 0.1) is 0 Å². The number of amides is 3. The molecule has 0 bridgehead atoms. The number of hydrogen-bond donors (Lipinski definition) is 3. The molecule has 2 aromatic rings. The van der Waals surface area contributed by atoms with E-state index in [1.54, 1.807) is 51.3 Å². The summed E-state index contributed by atoms with van der Waals surface area (Å²) >= 11 is 0. The third kappa shape index (κ3) is 4.86. The number of carbonyl (C=O) groups excluding carboxylic acids is 3. The van der Waals surface area contributed by atoms with Gasteiger partial charge in [-0.05, 0) is 45.0 Å². The van der Waals surface area contributed by atoms with Crippen molar-refractivity contribution in [1.82, 2.24) is 0 Å². The molecule has 1 aliphatic heterocycles. The lowest BCUT2D eigenvalue weighted by molar-refractivity contribution is -0.881. The Bertz CT molecular complexity index is 989. The van der Waals surface area contributed by atoms with Gasteiger partial charge in [0.15, 0.2) is 13.1 Å². The van der Waals surface area contributed by atoms with Gasteiger partial charge in [-0.2, -0.15) is 0 Å². The third-order valence-corrected chi connectivity index (χ3v) is 5.42. The van der Waals surface area contributed by atoms with E-state index < -0.39 is 5.54 Å². The van der Waals surface area contributed by atoms with Crippen molar-refractivity contribution in [3.05, 3.63) is 48.5 Å². The first-order valence-electron chi connectivity index (χ1n) is 10.3. The topological polar surface area (TPSA) is 92.2 Å². The Morgan fingerprint density at radius 3 is 2.58 bits per heavy atom. The number of anilines is 3. The smallest absolute Gasteiger partial charge is 0.283 e. The summed E-state index contributed by atoms with van der Waals surface area (Å²) in [7, 11) is 1.57. The molecule has 3 amide bonds. The number of methoxy groups -OCH3 is 1. The minimum Gasteiger partial charge on any atom is -0.497 e. The molecular formula is C23H29N4O4+. The molecule has 31 heavy (non-hydrogen) atoms. The summed E-state index contributed by atoms with van der Waals surface area (Å²) in [5.74, 6) is -0.00223. The van der Waals surface area contributed by atoms with Gasteiger partial charge < -0.3 is 20.3 Å². The number of likely N-dealkylation sites (N-methyl/N-ethyl adjacent to an activating group) is 1. The molecule has 1 heterocycles. The van der Waals surface area contributed by atoms with E-state index in [2.05, 4.69) is 10.6 Å². The maximum Gasteiger partial charge on any atom is 0.283 e. The van der Waals surface area contributed by atoms with Crippen LogP contribution in [0.2, 0.25) is 0 Å². The van der Waals surface area contributed by atoms with Crippen molar-refractivity contribution in [2.24, 2.45) is 0 Å². The second kappa shape index (κ2) is 9.18. The van der Waals surface area contributed by atoms with Gasteiger partial charge in [0.2, 0.25) is 5.91 Å². The summed E-state index contributed by atoms with van der Waals surface area (Å²) in [6, 6.07) is 14.3. The van der Waals surface area contributed by atoms with Crippen molar-refractivity contribution >= 4 is 34.8 Å². The Kier molecular flexibility index (Phi) is 6.60. The highest BCUT2D eigenvalue weighted by molar-refractivity contribution is 6.14. The van der Waals surface area contributed by atoms with Crippen LogP contribution in [0.3, 0.4) is 0 Å². The van der Waals surface area contributed by atoms with Crippen molar-refractivity contribution in [1.29, 1.82) is 0 Å². The number of benzene rings is 2. The summed E-state index contributed by atoms with van der Waals surface area (Å²) in [6.07, 6.45) is 0. The average Bonchev–Trinajstić information content (AvgIpc) is 2.73. The Morgan fingerprint density at radius 2 is 1.87 bits per heavy atom. The number of ether oxygens (including phenoxy) is 1. The third-order valence-electron chi connectivity index (χ3n) is 5.42. The maximum absolute atomic E-state index is 13.3. The predicted octanol–water partition coefficient (Wildman–Crippen LogP) is 1.30. The first-order valence-corrected chi connectivity index (χ1v) is 10.3. The summed E-state index contributed by atoms with van der Waals surface area (Å²) < 4.78 is 5.18. The molecule has 3 rings (SSSR count). The molecule has 1 atom stereocenters. The van der Waals surface area contributed by atoms with E-state index in [4.69, 9.17) is 4.74 Å². The van der Waals surface area contributed by atoms with Gasteiger partial charge >= 0.3 is 0 Å². The predicted molar refractivity (Wildman–Crippen MR) is 119 cm³/mol. The Balaban J connectivity index is 1.71.